The molecule has 3 aliphatic rings. The third kappa shape index (κ3) is 3.56. The Morgan fingerprint density at radius 2 is 1.86 bits per heavy atom. The first-order valence-electron chi connectivity index (χ1n) is 12.4. The standard InChI is InChI=1S/C28H25FN6O/c1-35-14-23(33-26(35)18-6-7-18)16-2-4-17(5-3-16)24-30-13-22(29)25(34-24)32-19-8-9-20-21(12-19)28(10-11-28)15-31-27(20)36/h2-5,8-9,12-14,18H,6-7,10-11,15H2,1H3,(H,31,36)(H,30,32,34). The van der Waals surface area contributed by atoms with Gasteiger partial charge in [0.15, 0.2) is 17.5 Å². The first-order valence-corrected chi connectivity index (χ1v) is 12.4. The normalized spacial score (nSPS) is 17.6. The van der Waals surface area contributed by atoms with Crippen molar-refractivity contribution in [3.8, 4) is 22.6 Å². The lowest BCUT2D eigenvalue weighted by Crippen LogP contribution is -2.39. The van der Waals surface area contributed by atoms with Crippen LogP contribution in [0.25, 0.3) is 22.6 Å². The summed E-state index contributed by atoms with van der Waals surface area (Å²) in [5.41, 5.74) is 5.21. The van der Waals surface area contributed by atoms with Gasteiger partial charge in [-0.3, -0.25) is 4.79 Å². The molecule has 180 valence electrons. The lowest BCUT2D eigenvalue weighted by Gasteiger charge is -2.26. The fourth-order valence-corrected chi connectivity index (χ4v) is 5.16. The number of carbonyl (C=O) groups excluding carboxylic acids is 1. The number of carbonyl (C=O) groups is 1. The largest absolute Gasteiger partial charge is 0.351 e. The van der Waals surface area contributed by atoms with Gasteiger partial charge in [0.05, 0.1) is 11.9 Å². The molecule has 2 aromatic heterocycles. The van der Waals surface area contributed by atoms with Crippen LogP contribution < -0.4 is 10.6 Å². The number of hydrogen-bond acceptors (Lipinski definition) is 5. The molecule has 36 heavy (non-hydrogen) atoms. The number of hydrogen-bond donors (Lipinski definition) is 2. The van der Waals surface area contributed by atoms with E-state index in [-0.39, 0.29) is 17.1 Å². The number of nitrogens with one attached hydrogen (secondary N) is 2. The number of imidazole rings is 1. The molecule has 7 rings (SSSR count). The Bertz CT molecular complexity index is 1520. The highest BCUT2D eigenvalue weighted by molar-refractivity contribution is 5.98. The van der Waals surface area contributed by atoms with Gasteiger partial charge in [0.2, 0.25) is 0 Å². The lowest BCUT2D eigenvalue weighted by molar-refractivity contribution is 0.0937. The predicted molar refractivity (Wildman–Crippen MR) is 135 cm³/mol. The molecule has 7 nitrogen and oxygen atoms in total. The van der Waals surface area contributed by atoms with E-state index in [4.69, 9.17) is 4.98 Å². The number of anilines is 2. The van der Waals surface area contributed by atoms with Gasteiger partial charge in [-0.1, -0.05) is 24.3 Å². The van der Waals surface area contributed by atoms with Gasteiger partial charge in [-0.05, 0) is 49.4 Å². The van der Waals surface area contributed by atoms with Crippen molar-refractivity contribution in [1.29, 1.82) is 0 Å². The minimum absolute atomic E-state index is 0.0189. The molecule has 3 heterocycles. The van der Waals surface area contributed by atoms with Crippen LogP contribution in [0, 0.1) is 5.82 Å². The number of benzene rings is 2. The summed E-state index contributed by atoms with van der Waals surface area (Å²) in [5.74, 6) is 1.68. The molecule has 2 N–H and O–H groups in total. The first kappa shape index (κ1) is 21.2. The van der Waals surface area contributed by atoms with Crippen LogP contribution in [0.3, 0.4) is 0 Å². The number of amides is 1. The molecule has 1 spiro atoms. The number of aryl methyl sites for hydroxylation is 1. The minimum atomic E-state index is -0.534. The molecule has 1 aliphatic heterocycles. The van der Waals surface area contributed by atoms with Crippen molar-refractivity contribution in [1.82, 2.24) is 24.8 Å². The second-order valence-corrected chi connectivity index (χ2v) is 10.2. The second kappa shape index (κ2) is 7.71. The van der Waals surface area contributed by atoms with Gasteiger partial charge < -0.3 is 15.2 Å². The third-order valence-corrected chi connectivity index (χ3v) is 7.58. The molecule has 1 amide bonds. The van der Waals surface area contributed by atoms with E-state index in [0.29, 0.717) is 29.5 Å². The van der Waals surface area contributed by atoms with Crippen LogP contribution in [-0.2, 0) is 12.5 Å². The smallest absolute Gasteiger partial charge is 0.251 e. The quantitative estimate of drug-likeness (QED) is 0.416. The molecular weight excluding hydrogens is 455 g/mol. The average molecular weight is 481 g/mol. The van der Waals surface area contributed by atoms with Gasteiger partial charge in [0, 0.05) is 53.5 Å². The van der Waals surface area contributed by atoms with Gasteiger partial charge in [-0.25, -0.2) is 19.3 Å². The maximum absolute atomic E-state index is 14.7. The van der Waals surface area contributed by atoms with Crippen molar-refractivity contribution >= 4 is 17.4 Å². The van der Waals surface area contributed by atoms with Crippen molar-refractivity contribution < 1.29 is 9.18 Å². The Labute approximate surface area is 207 Å². The molecule has 0 saturated heterocycles. The fourth-order valence-electron chi connectivity index (χ4n) is 5.16. The van der Waals surface area contributed by atoms with Crippen molar-refractivity contribution in [2.24, 2.45) is 7.05 Å². The first-order chi connectivity index (χ1) is 17.5. The van der Waals surface area contributed by atoms with Crippen LogP contribution in [0.5, 0.6) is 0 Å². The van der Waals surface area contributed by atoms with Crippen LogP contribution in [-0.4, -0.2) is 32.0 Å². The van der Waals surface area contributed by atoms with E-state index in [1.54, 1.807) is 12.1 Å². The zero-order valence-electron chi connectivity index (χ0n) is 19.9. The average Bonchev–Trinajstić information content (AvgIpc) is 3.83. The topological polar surface area (TPSA) is 84.7 Å². The second-order valence-electron chi connectivity index (χ2n) is 10.2. The van der Waals surface area contributed by atoms with E-state index in [1.807, 2.05) is 37.4 Å². The summed E-state index contributed by atoms with van der Waals surface area (Å²) < 4.78 is 16.8. The molecule has 2 saturated carbocycles. The highest BCUT2D eigenvalue weighted by Gasteiger charge is 2.48. The van der Waals surface area contributed by atoms with E-state index in [2.05, 4.69) is 31.4 Å². The van der Waals surface area contributed by atoms with Crippen LogP contribution >= 0.6 is 0 Å². The van der Waals surface area contributed by atoms with Crippen LogP contribution in [0.4, 0.5) is 15.9 Å². The SMILES string of the molecule is Cn1cc(-c2ccc(-c3ncc(F)c(Nc4ccc5c(c4)C4(CC4)CNC5=O)n3)cc2)nc1C1CC1. The summed E-state index contributed by atoms with van der Waals surface area (Å²) in [6, 6.07) is 13.4. The summed E-state index contributed by atoms with van der Waals surface area (Å²) in [4.78, 5) is 25.8. The van der Waals surface area contributed by atoms with Crippen LogP contribution in [0.2, 0.25) is 0 Å². The molecule has 0 unspecified atom stereocenters. The number of nitrogens with zero attached hydrogens (tertiary/aromatic N) is 4. The molecule has 0 atom stereocenters. The van der Waals surface area contributed by atoms with Gasteiger partial charge in [-0.2, -0.15) is 0 Å². The highest BCUT2D eigenvalue weighted by atomic mass is 19.1. The molecule has 8 heteroatoms. The molecule has 0 radical (unpaired) electrons. The van der Waals surface area contributed by atoms with E-state index in [9.17, 15) is 9.18 Å². The molecule has 2 aliphatic carbocycles. The molecule has 2 aromatic carbocycles. The summed E-state index contributed by atoms with van der Waals surface area (Å²) in [7, 11) is 2.04. The highest BCUT2D eigenvalue weighted by Crippen LogP contribution is 2.51. The Kier molecular flexibility index (Phi) is 4.55. The maximum Gasteiger partial charge on any atom is 0.251 e. The number of rotatable bonds is 5. The molecular formula is C28H25FN6O. The minimum Gasteiger partial charge on any atom is -0.351 e. The van der Waals surface area contributed by atoms with Crippen molar-refractivity contribution in [3.05, 3.63) is 77.6 Å². The Morgan fingerprint density at radius 1 is 1.08 bits per heavy atom. The summed E-state index contributed by atoms with van der Waals surface area (Å²) in [6.45, 7) is 0.657. The van der Waals surface area contributed by atoms with E-state index >= 15 is 0 Å². The zero-order valence-corrected chi connectivity index (χ0v) is 19.9. The van der Waals surface area contributed by atoms with E-state index in [0.717, 1.165) is 41.1 Å². The monoisotopic (exact) mass is 480 g/mol. The summed E-state index contributed by atoms with van der Waals surface area (Å²) in [6.07, 6.45) is 7.77. The van der Waals surface area contributed by atoms with Gasteiger partial charge in [0.25, 0.3) is 5.91 Å². The van der Waals surface area contributed by atoms with Crippen molar-refractivity contribution in [3.63, 3.8) is 0 Å². The van der Waals surface area contributed by atoms with Crippen LogP contribution in [0.15, 0.2) is 54.9 Å². The van der Waals surface area contributed by atoms with Gasteiger partial charge in [0.1, 0.15) is 5.82 Å². The maximum atomic E-state index is 14.7. The molecule has 0 bridgehead atoms. The number of halogens is 1. The zero-order chi connectivity index (χ0) is 24.4. The van der Waals surface area contributed by atoms with E-state index in [1.165, 1.54) is 19.0 Å². The molecule has 4 aromatic rings. The Balaban J connectivity index is 1.15. The molecule has 2 fully saturated rings. The third-order valence-electron chi connectivity index (χ3n) is 7.58. The van der Waals surface area contributed by atoms with Gasteiger partial charge in [-0.15, -0.1) is 0 Å². The van der Waals surface area contributed by atoms with Crippen molar-refractivity contribution in [2.75, 3.05) is 11.9 Å². The van der Waals surface area contributed by atoms with Gasteiger partial charge >= 0.3 is 0 Å². The lowest BCUT2D eigenvalue weighted by atomic mass is 9.87. The predicted octanol–water partition coefficient (Wildman–Crippen LogP) is 5.08. The Morgan fingerprint density at radius 3 is 2.61 bits per heavy atom. The fraction of sp³-hybridized carbons (Fsp3) is 0.286. The number of fused-ring (bicyclic) bond motifs is 2. The summed E-state index contributed by atoms with van der Waals surface area (Å²) in [5, 5.41) is 6.08. The van der Waals surface area contributed by atoms with E-state index < -0.39 is 5.82 Å². The summed E-state index contributed by atoms with van der Waals surface area (Å²) >= 11 is 0. The Hall–Kier alpha value is -4.07. The van der Waals surface area contributed by atoms with Crippen molar-refractivity contribution in [2.45, 2.75) is 37.0 Å². The number of aromatic nitrogens is 4. The van der Waals surface area contributed by atoms with Crippen LogP contribution in [0.1, 0.15) is 53.3 Å².